The summed E-state index contributed by atoms with van der Waals surface area (Å²) in [5.41, 5.74) is 2.48. The average Bonchev–Trinajstić information content (AvgIpc) is 3.13. The number of imidazole rings is 1. The molecule has 0 fully saturated rings. The Labute approximate surface area is 165 Å². The number of aryl methyl sites for hydroxylation is 1. The Balaban J connectivity index is 1.57. The summed E-state index contributed by atoms with van der Waals surface area (Å²) in [5.74, 6) is 1.45. The van der Waals surface area contributed by atoms with E-state index in [0.717, 1.165) is 36.0 Å². The van der Waals surface area contributed by atoms with Gasteiger partial charge in [0.15, 0.2) is 0 Å². The van der Waals surface area contributed by atoms with Crippen LogP contribution in [0.15, 0.2) is 60.9 Å². The van der Waals surface area contributed by atoms with Crippen LogP contribution in [0, 0.1) is 0 Å². The third-order valence-corrected chi connectivity index (χ3v) is 4.66. The first-order valence-electron chi connectivity index (χ1n) is 9.46. The van der Waals surface area contributed by atoms with Crippen LogP contribution in [-0.2, 0) is 13.7 Å². The highest BCUT2D eigenvalue weighted by Gasteiger charge is 2.08. The van der Waals surface area contributed by atoms with Crippen LogP contribution >= 0.6 is 0 Å². The van der Waals surface area contributed by atoms with Gasteiger partial charge in [-0.3, -0.25) is 4.79 Å². The van der Waals surface area contributed by atoms with E-state index in [0.29, 0.717) is 12.2 Å². The molecule has 3 aromatic rings. The molecule has 0 aliphatic carbocycles. The van der Waals surface area contributed by atoms with E-state index in [1.165, 1.54) is 0 Å². The molecule has 0 spiro atoms. The second kappa shape index (κ2) is 9.08. The molecule has 0 aliphatic heterocycles. The lowest BCUT2D eigenvalue weighted by Crippen LogP contribution is -2.21. The fourth-order valence-corrected chi connectivity index (χ4v) is 2.93. The van der Waals surface area contributed by atoms with Gasteiger partial charge < -0.3 is 19.5 Å². The van der Waals surface area contributed by atoms with Crippen LogP contribution in [0.5, 0.6) is 5.75 Å². The van der Waals surface area contributed by atoms with Crippen LogP contribution in [-0.4, -0.2) is 28.5 Å². The number of carbonyl (C=O) groups excluding carboxylic acids is 1. The summed E-state index contributed by atoms with van der Waals surface area (Å²) in [6, 6.07) is 15.0. The molecule has 1 amide bonds. The van der Waals surface area contributed by atoms with Gasteiger partial charge in [-0.2, -0.15) is 0 Å². The van der Waals surface area contributed by atoms with Crippen LogP contribution in [0.4, 0.5) is 11.4 Å². The Morgan fingerprint density at radius 3 is 2.32 bits per heavy atom. The Morgan fingerprint density at radius 2 is 1.75 bits per heavy atom. The molecule has 0 saturated carbocycles. The largest absolute Gasteiger partial charge is 0.486 e. The van der Waals surface area contributed by atoms with Crippen molar-refractivity contribution in [2.24, 2.45) is 7.05 Å². The molecule has 0 saturated heterocycles. The number of carbonyl (C=O) groups is 1. The van der Waals surface area contributed by atoms with Crippen LogP contribution in [0.2, 0.25) is 0 Å². The van der Waals surface area contributed by atoms with Gasteiger partial charge in [0.2, 0.25) is 0 Å². The zero-order chi connectivity index (χ0) is 19.9. The minimum atomic E-state index is -0.132. The monoisotopic (exact) mass is 378 g/mol. The molecule has 0 unspecified atom stereocenters. The lowest BCUT2D eigenvalue weighted by molar-refractivity contribution is 0.102. The van der Waals surface area contributed by atoms with Gasteiger partial charge in [0.25, 0.3) is 5.91 Å². The van der Waals surface area contributed by atoms with Crippen molar-refractivity contribution in [3.63, 3.8) is 0 Å². The maximum absolute atomic E-state index is 12.5. The molecule has 28 heavy (non-hydrogen) atoms. The summed E-state index contributed by atoms with van der Waals surface area (Å²) in [6.45, 7) is 6.52. The molecule has 1 aromatic heterocycles. The lowest BCUT2D eigenvalue weighted by Gasteiger charge is -2.21. The van der Waals surface area contributed by atoms with Crippen molar-refractivity contribution in [1.82, 2.24) is 9.55 Å². The zero-order valence-corrected chi connectivity index (χ0v) is 16.6. The van der Waals surface area contributed by atoms with Crippen molar-refractivity contribution in [3.8, 4) is 5.75 Å². The molecule has 1 N–H and O–H groups in total. The van der Waals surface area contributed by atoms with E-state index < -0.39 is 0 Å². The molecule has 0 radical (unpaired) electrons. The van der Waals surface area contributed by atoms with E-state index in [9.17, 15) is 4.79 Å². The number of hydrogen-bond acceptors (Lipinski definition) is 4. The van der Waals surface area contributed by atoms with Crippen LogP contribution in [0.1, 0.15) is 30.0 Å². The van der Waals surface area contributed by atoms with E-state index >= 15 is 0 Å². The molecule has 1 heterocycles. The third kappa shape index (κ3) is 4.71. The van der Waals surface area contributed by atoms with Crippen molar-refractivity contribution in [1.29, 1.82) is 0 Å². The number of anilines is 2. The van der Waals surface area contributed by atoms with E-state index in [1.807, 2.05) is 66.3 Å². The highest BCUT2D eigenvalue weighted by Crippen LogP contribution is 2.19. The molecule has 3 rings (SSSR count). The summed E-state index contributed by atoms with van der Waals surface area (Å²) in [5, 5.41) is 2.92. The SMILES string of the molecule is CCN(CC)c1ccc(C(=O)Nc2ccc(OCc3nccn3C)cc2)cc1. The minimum Gasteiger partial charge on any atom is -0.486 e. The lowest BCUT2D eigenvalue weighted by atomic mass is 10.1. The molecular formula is C22H26N4O2. The van der Waals surface area contributed by atoms with Crippen molar-refractivity contribution in [3.05, 3.63) is 72.3 Å². The van der Waals surface area contributed by atoms with Gasteiger partial charge in [-0.05, 0) is 62.4 Å². The number of amides is 1. The summed E-state index contributed by atoms with van der Waals surface area (Å²) < 4.78 is 7.65. The highest BCUT2D eigenvalue weighted by atomic mass is 16.5. The summed E-state index contributed by atoms with van der Waals surface area (Å²) in [4.78, 5) is 18.9. The van der Waals surface area contributed by atoms with Crippen LogP contribution in [0.25, 0.3) is 0 Å². The normalized spacial score (nSPS) is 10.5. The maximum atomic E-state index is 12.5. The first-order chi connectivity index (χ1) is 13.6. The number of benzene rings is 2. The number of hydrogen-bond donors (Lipinski definition) is 1. The van der Waals surface area contributed by atoms with Gasteiger partial charge in [0.1, 0.15) is 18.2 Å². The van der Waals surface area contributed by atoms with Crippen LogP contribution in [0.3, 0.4) is 0 Å². The van der Waals surface area contributed by atoms with Crippen molar-refractivity contribution in [2.45, 2.75) is 20.5 Å². The standard InChI is InChI=1S/C22H26N4O2/c1-4-26(5-2)19-10-6-17(7-11-19)22(27)24-18-8-12-20(13-9-18)28-16-21-23-14-15-25(21)3/h6-15H,4-5,16H2,1-3H3,(H,24,27). The number of aromatic nitrogens is 2. The molecule has 6 heteroatoms. The molecular weight excluding hydrogens is 352 g/mol. The van der Waals surface area contributed by atoms with Gasteiger partial charge in [-0.25, -0.2) is 4.98 Å². The summed E-state index contributed by atoms with van der Waals surface area (Å²) >= 11 is 0. The van der Waals surface area contributed by atoms with E-state index in [1.54, 1.807) is 6.20 Å². The van der Waals surface area contributed by atoms with Gasteiger partial charge in [0.05, 0.1) is 0 Å². The highest BCUT2D eigenvalue weighted by molar-refractivity contribution is 6.04. The Bertz CT molecular complexity index is 897. The van der Waals surface area contributed by atoms with Gasteiger partial charge in [-0.15, -0.1) is 0 Å². The number of nitrogens with one attached hydrogen (secondary N) is 1. The second-order valence-electron chi connectivity index (χ2n) is 6.44. The van der Waals surface area contributed by atoms with Crippen molar-refractivity contribution >= 4 is 17.3 Å². The van der Waals surface area contributed by atoms with Crippen molar-refractivity contribution in [2.75, 3.05) is 23.3 Å². The minimum absolute atomic E-state index is 0.132. The fourth-order valence-electron chi connectivity index (χ4n) is 2.93. The molecule has 0 bridgehead atoms. The molecule has 0 atom stereocenters. The number of nitrogens with zero attached hydrogens (tertiary/aromatic N) is 3. The number of rotatable bonds is 8. The fraction of sp³-hybridized carbons (Fsp3) is 0.273. The smallest absolute Gasteiger partial charge is 0.255 e. The molecule has 0 aliphatic rings. The Morgan fingerprint density at radius 1 is 1.07 bits per heavy atom. The van der Waals surface area contributed by atoms with Crippen molar-refractivity contribution < 1.29 is 9.53 Å². The predicted molar refractivity (Wildman–Crippen MR) is 112 cm³/mol. The van der Waals surface area contributed by atoms with E-state index in [2.05, 4.69) is 29.0 Å². The van der Waals surface area contributed by atoms with Gasteiger partial charge in [0, 0.05) is 49.5 Å². The predicted octanol–water partition coefficient (Wildman–Crippen LogP) is 4.10. The topological polar surface area (TPSA) is 59.4 Å². The molecule has 6 nitrogen and oxygen atoms in total. The molecule has 146 valence electrons. The maximum Gasteiger partial charge on any atom is 0.255 e. The summed E-state index contributed by atoms with van der Waals surface area (Å²) in [6.07, 6.45) is 3.62. The average molecular weight is 378 g/mol. The quantitative estimate of drug-likeness (QED) is 0.641. The molecule has 2 aromatic carbocycles. The van der Waals surface area contributed by atoms with E-state index in [-0.39, 0.29) is 5.91 Å². The van der Waals surface area contributed by atoms with Gasteiger partial charge >= 0.3 is 0 Å². The number of ether oxygens (including phenoxy) is 1. The Hall–Kier alpha value is -3.28. The second-order valence-corrected chi connectivity index (χ2v) is 6.44. The van der Waals surface area contributed by atoms with Crippen LogP contribution < -0.4 is 15.0 Å². The first-order valence-corrected chi connectivity index (χ1v) is 9.46. The summed E-state index contributed by atoms with van der Waals surface area (Å²) in [7, 11) is 1.93. The van der Waals surface area contributed by atoms with E-state index in [4.69, 9.17) is 4.74 Å². The third-order valence-electron chi connectivity index (χ3n) is 4.66. The zero-order valence-electron chi connectivity index (χ0n) is 16.6. The Kier molecular flexibility index (Phi) is 6.32. The van der Waals surface area contributed by atoms with Gasteiger partial charge in [-0.1, -0.05) is 0 Å². The first kappa shape index (κ1) is 19.5.